The van der Waals surface area contributed by atoms with Gasteiger partial charge in [0.05, 0.1) is 11.5 Å². The summed E-state index contributed by atoms with van der Waals surface area (Å²) in [5, 5.41) is 10.8. The van der Waals surface area contributed by atoms with Gasteiger partial charge in [-0.2, -0.15) is 0 Å². The maximum Gasteiger partial charge on any atom is 0.312 e. The van der Waals surface area contributed by atoms with E-state index in [1.165, 1.54) is 6.07 Å². The Balaban J connectivity index is 2.99. The second-order valence-electron chi connectivity index (χ2n) is 3.17. The highest BCUT2D eigenvalue weighted by Crippen LogP contribution is 2.33. The van der Waals surface area contributed by atoms with Gasteiger partial charge in [-0.25, -0.2) is 0 Å². The number of aryl methyl sites for hydroxylation is 1. The molecule has 1 aromatic rings. The van der Waals surface area contributed by atoms with Crippen molar-refractivity contribution in [2.24, 2.45) is 0 Å². The highest BCUT2D eigenvalue weighted by atomic mass is 79.9. The van der Waals surface area contributed by atoms with Crippen LogP contribution in [0, 0.1) is 17.0 Å². The van der Waals surface area contributed by atoms with E-state index in [1.54, 1.807) is 20.1 Å². The van der Waals surface area contributed by atoms with Gasteiger partial charge >= 0.3 is 5.69 Å². The van der Waals surface area contributed by atoms with Gasteiger partial charge < -0.3 is 9.47 Å². The van der Waals surface area contributed by atoms with E-state index in [0.29, 0.717) is 23.4 Å². The van der Waals surface area contributed by atoms with Crippen LogP contribution in [-0.4, -0.2) is 25.2 Å². The van der Waals surface area contributed by atoms with Crippen LogP contribution in [-0.2, 0) is 4.74 Å². The fraction of sp³-hybridized carbons (Fsp3) is 0.400. The van der Waals surface area contributed by atoms with Crippen LogP contribution < -0.4 is 4.74 Å². The van der Waals surface area contributed by atoms with E-state index in [9.17, 15) is 10.1 Å². The standard InChI is InChI=1S/C10H12BrNO4/c1-7-5-8(11)6-9(12(13)14)10(7)16-4-3-15-2/h5-6H,3-4H2,1-2H3. The van der Waals surface area contributed by atoms with E-state index in [2.05, 4.69) is 15.9 Å². The average Bonchev–Trinajstić information content (AvgIpc) is 2.20. The van der Waals surface area contributed by atoms with Gasteiger partial charge in [-0.15, -0.1) is 0 Å². The predicted octanol–water partition coefficient (Wildman–Crippen LogP) is 2.69. The van der Waals surface area contributed by atoms with E-state index in [-0.39, 0.29) is 5.69 Å². The molecule has 0 fully saturated rings. The zero-order valence-corrected chi connectivity index (χ0v) is 10.6. The monoisotopic (exact) mass is 289 g/mol. The van der Waals surface area contributed by atoms with Crippen LogP contribution in [0.15, 0.2) is 16.6 Å². The molecule has 0 aliphatic carbocycles. The molecule has 0 spiro atoms. The normalized spacial score (nSPS) is 10.2. The Morgan fingerprint density at radius 2 is 2.12 bits per heavy atom. The molecule has 0 aliphatic rings. The number of benzene rings is 1. The van der Waals surface area contributed by atoms with E-state index < -0.39 is 4.92 Å². The summed E-state index contributed by atoms with van der Waals surface area (Å²) in [7, 11) is 1.55. The van der Waals surface area contributed by atoms with Crippen molar-refractivity contribution < 1.29 is 14.4 Å². The highest BCUT2D eigenvalue weighted by molar-refractivity contribution is 9.10. The molecule has 0 bridgehead atoms. The van der Waals surface area contributed by atoms with Crippen LogP contribution in [0.4, 0.5) is 5.69 Å². The zero-order chi connectivity index (χ0) is 12.1. The molecule has 0 heterocycles. The van der Waals surface area contributed by atoms with E-state index >= 15 is 0 Å². The van der Waals surface area contributed by atoms with Gasteiger partial charge in [-0.05, 0) is 18.6 Å². The van der Waals surface area contributed by atoms with Crippen LogP contribution in [0.3, 0.4) is 0 Å². The molecule has 6 heteroatoms. The summed E-state index contributed by atoms with van der Waals surface area (Å²) in [4.78, 5) is 10.4. The molecular weight excluding hydrogens is 278 g/mol. The lowest BCUT2D eigenvalue weighted by atomic mass is 10.2. The number of halogens is 1. The maximum absolute atomic E-state index is 10.8. The van der Waals surface area contributed by atoms with Crippen molar-refractivity contribution in [2.45, 2.75) is 6.92 Å². The first-order valence-corrected chi connectivity index (χ1v) is 5.42. The number of hydrogen-bond donors (Lipinski definition) is 0. The second-order valence-corrected chi connectivity index (χ2v) is 4.08. The first-order chi connectivity index (χ1) is 7.56. The Morgan fingerprint density at radius 1 is 1.44 bits per heavy atom. The van der Waals surface area contributed by atoms with Gasteiger partial charge in [0.15, 0.2) is 5.75 Å². The summed E-state index contributed by atoms with van der Waals surface area (Å²) >= 11 is 3.21. The van der Waals surface area contributed by atoms with Crippen LogP contribution in [0.2, 0.25) is 0 Å². The minimum Gasteiger partial charge on any atom is -0.484 e. The Morgan fingerprint density at radius 3 is 2.69 bits per heavy atom. The molecule has 0 N–H and O–H groups in total. The first-order valence-electron chi connectivity index (χ1n) is 4.62. The van der Waals surface area contributed by atoms with Crippen molar-refractivity contribution >= 4 is 21.6 Å². The number of nitro benzene ring substituents is 1. The van der Waals surface area contributed by atoms with Gasteiger partial charge in [0.25, 0.3) is 0 Å². The zero-order valence-electron chi connectivity index (χ0n) is 9.03. The molecule has 16 heavy (non-hydrogen) atoms. The maximum atomic E-state index is 10.8. The van der Waals surface area contributed by atoms with Crippen molar-refractivity contribution in [1.82, 2.24) is 0 Å². The molecule has 0 saturated heterocycles. The van der Waals surface area contributed by atoms with E-state index in [1.807, 2.05) is 0 Å². The Kier molecular flexibility index (Phi) is 4.70. The molecule has 88 valence electrons. The van der Waals surface area contributed by atoms with Crippen LogP contribution in [0.5, 0.6) is 5.75 Å². The van der Waals surface area contributed by atoms with Crippen LogP contribution >= 0.6 is 15.9 Å². The third-order valence-electron chi connectivity index (χ3n) is 1.95. The van der Waals surface area contributed by atoms with Crippen LogP contribution in [0.1, 0.15) is 5.56 Å². The molecule has 1 aromatic carbocycles. The molecule has 0 aromatic heterocycles. The molecular formula is C10H12BrNO4. The number of rotatable bonds is 5. The Bertz CT molecular complexity index is 395. The Hall–Kier alpha value is -1.14. The van der Waals surface area contributed by atoms with Gasteiger partial charge in [0, 0.05) is 17.6 Å². The van der Waals surface area contributed by atoms with Crippen molar-refractivity contribution in [3.63, 3.8) is 0 Å². The summed E-state index contributed by atoms with van der Waals surface area (Å²) in [6.45, 7) is 2.45. The second kappa shape index (κ2) is 5.81. The van der Waals surface area contributed by atoms with E-state index in [4.69, 9.17) is 9.47 Å². The Labute approximate surface area is 102 Å². The van der Waals surface area contributed by atoms with Crippen LogP contribution in [0.25, 0.3) is 0 Å². The predicted molar refractivity (Wildman–Crippen MR) is 62.9 cm³/mol. The molecule has 0 unspecified atom stereocenters. The minimum absolute atomic E-state index is 0.0389. The average molecular weight is 290 g/mol. The fourth-order valence-electron chi connectivity index (χ4n) is 1.26. The van der Waals surface area contributed by atoms with E-state index in [0.717, 1.165) is 5.56 Å². The largest absolute Gasteiger partial charge is 0.484 e. The molecule has 0 amide bonds. The summed E-state index contributed by atoms with van der Waals surface area (Å²) < 4.78 is 10.8. The molecule has 1 rings (SSSR count). The number of nitrogens with zero attached hydrogens (tertiary/aromatic N) is 1. The smallest absolute Gasteiger partial charge is 0.312 e. The summed E-state index contributed by atoms with van der Waals surface area (Å²) in [5.41, 5.74) is 0.681. The lowest BCUT2D eigenvalue weighted by Gasteiger charge is -2.09. The van der Waals surface area contributed by atoms with Crippen molar-refractivity contribution in [2.75, 3.05) is 20.3 Å². The third kappa shape index (κ3) is 3.18. The molecule has 0 radical (unpaired) electrons. The molecule has 0 aliphatic heterocycles. The quantitative estimate of drug-likeness (QED) is 0.475. The van der Waals surface area contributed by atoms with Gasteiger partial charge in [-0.1, -0.05) is 15.9 Å². The number of ether oxygens (including phenoxy) is 2. The molecule has 0 atom stereocenters. The van der Waals surface area contributed by atoms with Gasteiger partial charge in [0.2, 0.25) is 0 Å². The SMILES string of the molecule is COCCOc1c(C)cc(Br)cc1[N+](=O)[O-]. The van der Waals surface area contributed by atoms with Gasteiger partial charge in [-0.3, -0.25) is 10.1 Å². The summed E-state index contributed by atoms with van der Waals surface area (Å²) in [5.74, 6) is 0.297. The minimum atomic E-state index is -0.458. The summed E-state index contributed by atoms with van der Waals surface area (Å²) in [6, 6.07) is 3.20. The van der Waals surface area contributed by atoms with Crippen molar-refractivity contribution in [3.8, 4) is 5.75 Å². The topological polar surface area (TPSA) is 61.6 Å². The molecule has 0 saturated carbocycles. The van der Waals surface area contributed by atoms with Gasteiger partial charge in [0.1, 0.15) is 6.61 Å². The lowest BCUT2D eigenvalue weighted by molar-refractivity contribution is -0.386. The summed E-state index contributed by atoms with van der Waals surface area (Å²) in [6.07, 6.45) is 0. The highest BCUT2D eigenvalue weighted by Gasteiger charge is 2.18. The number of nitro groups is 1. The first kappa shape index (κ1) is 12.9. The molecule has 5 nitrogen and oxygen atoms in total. The third-order valence-corrected chi connectivity index (χ3v) is 2.41. The lowest BCUT2D eigenvalue weighted by Crippen LogP contribution is -2.07. The van der Waals surface area contributed by atoms with Crippen molar-refractivity contribution in [1.29, 1.82) is 0 Å². The van der Waals surface area contributed by atoms with Crippen molar-refractivity contribution in [3.05, 3.63) is 32.3 Å². The number of methoxy groups -OCH3 is 1. The number of hydrogen-bond acceptors (Lipinski definition) is 4. The fourth-order valence-corrected chi connectivity index (χ4v) is 1.82.